The fourth-order valence-corrected chi connectivity index (χ4v) is 4.34. The van der Waals surface area contributed by atoms with E-state index >= 15 is 0 Å². The van der Waals surface area contributed by atoms with Gasteiger partial charge in [0.15, 0.2) is 0 Å². The third kappa shape index (κ3) is 5.98. The fourth-order valence-electron chi connectivity index (χ4n) is 3.43. The lowest BCUT2D eigenvalue weighted by atomic mass is 10.1. The molecule has 0 spiro atoms. The summed E-state index contributed by atoms with van der Waals surface area (Å²) in [5, 5.41) is 7.37. The van der Waals surface area contributed by atoms with Crippen LogP contribution in [-0.4, -0.2) is 36.4 Å². The van der Waals surface area contributed by atoms with Crippen molar-refractivity contribution in [1.82, 2.24) is 19.8 Å². The summed E-state index contributed by atoms with van der Waals surface area (Å²) in [6, 6.07) is 26.5. The van der Waals surface area contributed by atoms with Gasteiger partial charge in [-0.2, -0.15) is 5.10 Å². The molecule has 8 heteroatoms. The van der Waals surface area contributed by atoms with Gasteiger partial charge in [-0.05, 0) is 24.6 Å². The van der Waals surface area contributed by atoms with Gasteiger partial charge in [0.1, 0.15) is 5.69 Å². The van der Waals surface area contributed by atoms with Gasteiger partial charge >= 0.3 is 0 Å². The second kappa shape index (κ2) is 10.5. The van der Waals surface area contributed by atoms with Gasteiger partial charge in [-0.25, -0.2) is 17.8 Å². The third-order valence-electron chi connectivity index (χ3n) is 5.30. The number of carbonyl (C=O) groups is 1. The average Bonchev–Trinajstić information content (AvgIpc) is 3.30. The number of nitrogens with zero attached hydrogens (tertiary/aromatic N) is 2. The number of hydrogen-bond donors (Lipinski definition) is 2. The number of nitrogens with one attached hydrogen (secondary N) is 2. The van der Waals surface area contributed by atoms with Crippen LogP contribution in [0.2, 0.25) is 0 Å². The van der Waals surface area contributed by atoms with E-state index in [4.69, 9.17) is 0 Å². The lowest BCUT2D eigenvalue weighted by Gasteiger charge is -2.08. The second-order valence-electron chi connectivity index (χ2n) is 7.92. The van der Waals surface area contributed by atoms with E-state index in [9.17, 15) is 13.2 Å². The Morgan fingerprint density at radius 3 is 2.24 bits per heavy atom. The molecule has 0 aliphatic heterocycles. The Kier molecular flexibility index (Phi) is 7.20. The summed E-state index contributed by atoms with van der Waals surface area (Å²) in [7, 11) is -3.55. The van der Waals surface area contributed by atoms with Crippen molar-refractivity contribution < 1.29 is 13.2 Å². The Bertz CT molecular complexity index is 1350. The van der Waals surface area contributed by atoms with Crippen molar-refractivity contribution in [3.8, 4) is 16.9 Å². The summed E-state index contributed by atoms with van der Waals surface area (Å²) in [5.41, 5.74) is 4.53. The highest BCUT2D eigenvalue weighted by atomic mass is 32.2. The van der Waals surface area contributed by atoms with Gasteiger partial charge < -0.3 is 5.32 Å². The minimum atomic E-state index is -3.55. The molecule has 0 radical (unpaired) electrons. The average molecular weight is 475 g/mol. The van der Waals surface area contributed by atoms with Crippen LogP contribution in [0.15, 0.2) is 91.1 Å². The van der Waals surface area contributed by atoms with Crippen LogP contribution in [0, 0.1) is 6.92 Å². The monoisotopic (exact) mass is 474 g/mol. The molecule has 174 valence electrons. The summed E-state index contributed by atoms with van der Waals surface area (Å²) >= 11 is 0. The smallest absolute Gasteiger partial charge is 0.255 e. The highest BCUT2D eigenvalue weighted by Gasteiger charge is 2.19. The fraction of sp³-hybridized carbons (Fsp3) is 0.154. The lowest BCUT2D eigenvalue weighted by Crippen LogP contribution is -2.34. The maximum absolute atomic E-state index is 13.0. The van der Waals surface area contributed by atoms with Crippen molar-refractivity contribution in [3.05, 3.63) is 108 Å². The molecule has 1 aromatic heterocycles. The standard InChI is InChI=1S/C26H26N4O3S/c1-20-12-14-23(15-13-20)30-19-24(25(29-30)22-10-6-3-7-11-22)26(31)27-16-17-34(32,33)28-18-21-8-4-2-5-9-21/h2-15,19,28H,16-18H2,1H3,(H,27,31). The van der Waals surface area contributed by atoms with Crippen LogP contribution in [0.3, 0.4) is 0 Å². The van der Waals surface area contributed by atoms with E-state index in [1.165, 1.54) is 0 Å². The van der Waals surface area contributed by atoms with Crippen LogP contribution in [0.1, 0.15) is 21.5 Å². The zero-order valence-corrected chi connectivity index (χ0v) is 19.6. The first-order chi connectivity index (χ1) is 16.4. The maximum Gasteiger partial charge on any atom is 0.255 e. The van der Waals surface area contributed by atoms with Gasteiger partial charge in [0.05, 0.1) is 17.0 Å². The molecule has 3 aromatic carbocycles. The number of sulfonamides is 1. The molecule has 1 amide bonds. The summed E-state index contributed by atoms with van der Waals surface area (Å²) in [6.07, 6.45) is 1.67. The zero-order chi connectivity index (χ0) is 24.0. The first-order valence-electron chi connectivity index (χ1n) is 10.9. The van der Waals surface area contributed by atoms with Crippen molar-refractivity contribution in [2.75, 3.05) is 12.3 Å². The number of carbonyl (C=O) groups excluding carboxylic acids is 1. The van der Waals surface area contributed by atoms with Gasteiger partial charge in [0, 0.05) is 24.8 Å². The molecule has 0 aliphatic carbocycles. The van der Waals surface area contributed by atoms with Crippen molar-refractivity contribution in [2.24, 2.45) is 0 Å². The van der Waals surface area contributed by atoms with Crippen LogP contribution in [0.5, 0.6) is 0 Å². The Morgan fingerprint density at radius 2 is 1.56 bits per heavy atom. The molecule has 0 fully saturated rings. The van der Waals surface area contributed by atoms with Crippen molar-refractivity contribution in [2.45, 2.75) is 13.5 Å². The van der Waals surface area contributed by atoms with E-state index in [1.54, 1.807) is 10.9 Å². The number of rotatable bonds is 9. The molecule has 4 rings (SSSR count). The molecule has 2 N–H and O–H groups in total. The van der Waals surface area contributed by atoms with Crippen LogP contribution in [-0.2, 0) is 16.6 Å². The molecule has 34 heavy (non-hydrogen) atoms. The minimum absolute atomic E-state index is 0.0209. The van der Waals surface area contributed by atoms with Crippen LogP contribution in [0.25, 0.3) is 16.9 Å². The van der Waals surface area contributed by atoms with Crippen LogP contribution < -0.4 is 10.0 Å². The quantitative estimate of drug-likeness (QED) is 0.387. The van der Waals surface area contributed by atoms with Gasteiger partial charge in [-0.1, -0.05) is 78.4 Å². The zero-order valence-electron chi connectivity index (χ0n) is 18.8. The maximum atomic E-state index is 13.0. The summed E-state index contributed by atoms with van der Waals surface area (Å²) in [6.45, 7) is 2.19. The first-order valence-corrected chi connectivity index (χ1v) is 12.6. The number of hydrogen-bond acceptors (Lipinski definition) is 4. The van der Waals surface area contributed by atoms with Crippen LogP contribution in [0.4, 0.5) is 0 Å². The van der Waals surface area contributed by atoms with E-state index in [0.29, 0.717) is 11.3 Å². The van der Waals surface area contributed by atoms with Crippen LogP contribution >= 0.6 is 0 Å². The predicted molar refractivity (Wildman–Crippen MR) is 133 cm³/mol. The largest absolute Gasteiger partial charge is 0.351 e. The Balaban J connectivity index is 1.47. The summed E-state index contributed by atoms with van der Waals surface area (Å²) < 4.78 is 28.9. The molecule has 0 saturated heterocycles. The Labute approximate surface area is 199 Å². The summed E-state index contributed by atoms with van der Waals surface area (Å²) in [4.78, 5) is 13.0. The highest BCUT2D eigenvalue weighted by Crippen LogP contribution is 2.23. The van der Waals surface area contributed by atoms with Crippen molar-refractivity contribution >= 4 is 15.9 Å². The van der Waals surface area contributed by atoms with Gasteiger partial charge in [-0.3, -0.25) is 4.79 Å². The molecular weight excluding hydrogens is 448 g/mol. The molecule has 0 atom stereocenters. The second-order valence-corrected chi connectivity index (χ2v) is 9.85. The van der Waals surface area contributed by atoms with E-state index in [-0.39, 0.29) is 24.7 Å². The normalized spacial score (nSPS) is 11.3. The molecule has 0 saturated carbocycles. The Morgan fingerprint density at radius 1 is 0.912 bits per heavy atom. The van der Waals surface area contributed by atoms with E-state index in [0.717, 1.165) is 22.4 Å². The topological polar surface area (TPSA) is 93.1 Å². The first kappa shape index (κ1) is 23.4. The SMILES string of the molecule is Cc1ccc(-n2cc(C(=O)NCCS(=O)(=O)NCc3ccccc3)c(-c3ccccc3)n2)cc1. The lowest BCUT2D eigenvalue weighted by molar-refractivity contribution is 0.0956. The molecule has 7 nitrogen and oxygen atoms in total. The van der Waals surface area contributed by atoms with Gasteiger partial charge in [0.2, 0.25) is 10.0 Å². The van der Waals surface area contributed by atoms with Crippen molar-refractivity contribution in [3.63, 3.8) is 0 Å². The number of aryl methyl sites for hydroxylation is 1. The van der Waals surface area contributed by atoms with Gasteiger partial charge in [-0.15, -0.1) is 0 Å². The number of benzene rings is 3. The highest BCUT2D eigenvalue weighted by molar-refractivity contribution is 7.89. The molecule has 0 bridgehead atoms. The minimum Gasteiger partial charge on any atom is -0.351 e. The molecular formula is C26H26N4O3S. The number of amides is 1. The van der Waals surface area contributed by atoms with Gasteiger partial charge in [0.25, 0.3) is 5.91 Å². The summed E-state index contributed by atoms with van der Waals surface area (Å²) in [5.74, 6) is -0.603. The molecule has 4 aromatic rings. The van der Waals surface area contributed by atoms with E-state index in [2.05, 4.69) is 15.1 Å². The molecule has 0 aliphatic rings. The third-order valence-corrected chi connectivity index (χ3v) is 6.63. The van der Waals surface area contributed by atoms with E-state index in [1.807, 2.05) is 91.9 Å². The molecule has 0 unspecified atom stereocenters. The predicted octanol–water partition coefficient (Wildman–Crippen LogP) is 3.70. The van der Waals surface area contributed by atoms with E-state index < -0.39 is 10.0 Å². The molecule has 1 heterocycles. The van der Waals surface area contributed by atoms with Crippen molar-refractivity contribution in [1.29, 1.82) is 0 Å². The Hall–Kier alpha value is -3.75. The number of aromatic nitrogens is 2.